The van der Waals surface area contributed by atoms with Crippen LogP contribution in [0.4, 0.5) is 13.2 Å². The summed E-state index contributed by atoms with van der Waals surface area (Å²) in [5, 5.41) is 9.45. The van der Waals surface area contributed by atoms with Gasteiger partial charge >= 0.3 is 12.1 Å². The fourth-order valence-electron chi connectivity index (χ4n) is 2.60. The summed E-state index contributed by atoms with van der Waals surface area (Å²) < 4.78 is 69.1. The molecule has 1 N–H and O–H groups in total. The molecule has 0 fully saturated rings. The molecule has 0 saturated heterocycles. The number of allylic oxidation sites excluding steroid dienone is 1. The monoisotopic (exact) mass is 477 g/mol. The molecule has 11 heteroatoms. The molecular formula is C20H19ClF3NO5S. The van der Waals surface area contributed by atoms with Crippen LogP contribution in [0.5, 0.6) is 11.5 Å². The van der Waals surface area contributed by atoms with Gasteiger partial charge in [-0.3, -0.25) is 0 Å². The van der Waals surface area contributed by atoms with Crippen LogP contribution in [0.3, 0.4) is 0 Å². The van der Waals surface area contributed by atoms with Crippen molar-refractivity contribution in [2.24, 2.45) is 0 Å². The molecule has 0 radical (unpaired) electrons. The number of aliphatic carboxylic acids is 1. The van der Waals surface area contributed by atoms with Crippen molar-refractivity contribution in [1.29, 1.82) is 0 Å². The zero-order valence-corrected chi connectivity index (χ0v) is 18.5. The van der Waals surface area contributed by atoms with E-state index in [1.165, 1.54) is 24.0 Å². The van der Waals surface area contributed by atoms with Gasteiger partial charge in [0.2, 0.25) is 0 Å². The van der Waals surface area contributed by atoms with Gasteiger partial charge in [0.05, 0.1) is 21.1 Å². The number of hydrogen-bond acceptors (Lipinski definition) is 5. The number of carboxylic acids is 1. The standard InChI is InChI=1S/C20H19ClF3NO5S/c1-11(25(2)3)18(19(26)27)12-7-13(20(22,23)24)9-14(8-12)30-17-6-5-15(10-16(17)21)31(4,28)29/h5-10H,1-4H3,(H,26,27)/b18-11-. The third-order valence-electron chi connectivity index (χ3n) is 4.33. The molecule has 168 valence electrons. The van der Waals surface area contributed by atoms with Gasteiger partial charge in [0.15, 0.2) is 9.84 Å². The van der Waals surface area contributed by atoms with Crippen LogP contribution in [0.1, 0.15) is 18.1 Å². The highest BCUT2D eigenvalue weighted by Crippen LogP contribution is 2.38. The maximum absolute atomic E-state index is 13.5. The summed E-state index contributed by atoms with van der Waals surface area (Å²) in [6, 6.07) is 6.08. The Balaban J connectivity index is 2.65. The van der Waals surface area contributed by atoms with Gasteiger partial charge in [0.1, 0.15) is 11.5 Å². The van der Waals surface area contributed by atoms with Crippen LogP contribution in [0.2, 0.25) is 5.02 Å². The highest BCUT2D eigenvalue weighted by molar-refractivity contribution is 7.90. The molecule has 2 aromatic rings. The van der Waals surface area contributed by atoms with Gasteiger partial charge in [-0.25, -0.2) is 13.2 Å². The van der Waals surface area contributed by atoms with E-state index >= 15 is 0 Å². The molecular weight excluding hydrogens is 459 g/mol. The summed E-state index contributed by atoms with van der Waals surface area (Å²) in [5.41, 5.74) is -1.44. The number of halogens is 4. The molecule has 0 heterocycles. The zero-order valence-electron chi connectivity index (χ0n) is 16.9. The Morgan fingerprint density at radius 2 is 1.74 bits per heavy atom. The van der Waals surface area contributed by atoms with Crippen molar-refractivity contribution in [3.8, 4) is 11.5 Å². The Morgan fingerprint density at radius 3 is 2.19 bits per heavy atom. The van der Waals surface area contributed by atoms with E-state index in [9.17, 15) is 31.5 Å². The Kier molecular flexibility index (Phi) is 6.97. The molecule has 0 amide bonds. The van der Waals surface area contributed by atoms with E-state index in [1.54, 1.807) is 14.1 Å². The predicted molar refractivity (Wildman–Crippen MR) is 110 cm³/mol. The molecule has 0 aliphatic carbocycles. The Hall–Kier alpha value is -2.72. The number of benzene rings is 2. The minimum Gasteiger partial charge on any atom is -0.478 e. The molecule has 0 aliphatic rings. The van der Waals surface area contributed by atoms with Gasteiger partial charge in [0.25, 0.3) is 0 Å². The maximum atomic E-state index is 13.5. The van der Waals surface area contributed by atoms with Gasteiger partial charge in [-0.05, 0) is 48.9 Å². The second-order valence-electron chi connectivity index (χ2n) is 6.87. The average Bonchev–Trinajstić information content (AvgIpc) is 2.61. The van der Waals surface area contributed by atoms with Gasteiger partial charge in [-0.1, -0.05) is 11.6 Å². The number of ether oxygens (including phenoxy) is 1. The molecule has 0 aromatic heterocycles. The smallest absolute Gasteiger partial charge is 0.416 e. The number of alkyl halides is 3. The molecule has 0 aliphatic heterocycles. The van der Waals surface area contributed by atoms with Crippen molar-refractivity contribution in [2.75, 3.05) is 20.4 Å². The van der Waals surface area contributed by atoms with Crippen molar-refractivity contribution in [1.82, 2.24) is 4.90 Å². The van der Waals surface area contributed by atoms with Crippen molar-refractivity contribution in [3.05, 3.63) is 58.2 Å². The van der Waals surface area contributed by atoms with Crippen molar-refractivity contribution >= 4 is 33.0 Å². The first-order valence-electron chi connectivity index (χ1n) is 8.63. The number of hydrogen-bond donors (Lipinski definition) is 1. The highest BCUT2D eigenvalue weighted by atomic mass is 35.5. The van der Waals surface area contributed by atoms with E-state index in [0.717, 1.165) is 24.5 Å². The summed E-state index contributed by atoms with van der Waals surface area (Å²) in [7, 11) is -0.427. The minimum atomic E-state index is -4.77. The summed E-state index contributed by atoms with van der Waals surface area (Å²) in [6.07, 6.45) is -3.79. The van der Waals surface area contributed by atoms with E-state index in [-0.39, 0.29) is 38.3 Å². The summed E-state index contributed by atoms with van der Waals surface area (Å²) in [4.78, 5) is 13.2. The van der Waals surface area contributed by atoms with E-state index in [0.29, 0.717) is 6.07 Å². The summed E-state index contributed by atoms with van der Waals surface area (Å²) >= 11 is 6.04. The minimum absolute atomic E-state index is 0.0905. The van der Waals surface area contributed by atoms with E-state index in [2.05, 4.69) is 0 Å². The molecule has 0 spiro atoms. The molecule has 0 bridgehead atoms. The Bertz CT molecular complexity index is 1160. The Labute approximate surface area is 182 Å². The largest absolute Gasteiger partial charge is 0.478 e. The van der Waals surface area contributed by atoms with Gasteiger partial charge in [0, 0.05) is 26.0 Å². The SMILES string of the molecule is C/C(=C(/C(=O)O)c1cc(Oc2ccc(S(C)(=O)=O)cc2Cl)cc(C(F)(F)F)c1)N(C)C. The van der Waals surface area contributed by atoms with E-state index < -0.39 is 27.5 Å². The third-order valence-corrected chi connectivity index (χ3v) is 5.73. The fraction of sp³-hybridized carbons (Fsp3) is 0.250. The lowest BCUT2D eigenvalue weighted by Crippen LogP contribution is -2.15. The predicted octanol–water partition coefficient (Wildman–Crippen LogP) is 4.93. The van der Waals surface area contributed by atoms with Crippen LogP contribution in [0.25, 0.3) is 5.57 Å². The van der Waals surface area contributed by atoms with E-state index in [1.807, 2.05) is 0 Å². The van der Waals surface area contributed by atoms with Crippen molar-refractivity contribution in [2.45, 2.75) is 18.0 Å². The van der Waals surface area contributed by atoms with Gasteiger partial charge < -0.3 is 14.7 Å². The van der Waals surface area contributed by atoms with Crippen molar-refractivity contribution in [3.63, 3.8) is 0 Å². The first-order chi connectivity index (χ1) is 14.1. The second kappa shape index (κ2) is 8.80. The number of rotatable bonds is 6. The average molecular weight is 478 g/mol. The van der Waals surface area contributed by atoms with Crippen molar-refractivity contribution < 1.29 is 36.2 Å². The maximum Gasteiger partial charge on any atom is 0.416 e. The molecule has 0 atom stereocenters. The van der Waals surface area contributed by atoms with Crippen LogP contribution in [-0.4, -0.2) is 44.7 Å². The number of carbonyl (C=O) groups is 1. The topological polar surface area (TPSA) is 83.9 Å². The van der Waals surface area contributed by atoms with Crippen LogP contribution in [0.15, 0.2) is 47.0 Å². The first-order valence-corrected chi connectivity index (χ1v) is 10.9. The summed E-state index contributed by atoms with van der Waals surface area (Å²) in [6.45, 7) is 1.46. The van der Waals surface area contributed by atoms with Crippen LogP contribution >= 0.6 is 11.6 Å². The van der Waals surface area contributed by atoms with E-state index in [4.69, 9.17) is 16.3 Å². The lowest BCUT2D eigenvalue weighted by Gasteiger charge is -2.19. The van der Waals surface area contributed by atoms with Crippen LogP contribution < -0.4 is 4.74 Å². The first kappa shape index (κ1) is 24.5. The van der Waals surface area contributed by atoms with Gasteiger partial charge in [-0.15, -0.1) is 0 Å². The molecule has 31 heavy (non-hydrogen) atoms. The van der Waals surface area contributed by atoms with Gasteiger partial charge in [-0.2, -0.15) is 13.2 Å². The number of carboxylic acid groups (broad SMARTS) is 1. The fourth-order valence-corrected chi connectivity index (χ4v) is 3.53. The summed E-state index contributed by atoms with van der Waals surface area (Å²) in [5.74, 6) is -1.82. The quantitative estimate of drug-likeness (QED) is 0.594. The second-order valence-corrected chi connectivity index (χ2v) is 9.29. The van der Waals surface area contributed by atoms with Crippen LogP contribution in [0, 0.1) is 0 Å². The third kappa shape index (κ3) is 5.92. The lowest BCUT2D eigenvalue weighted by atomic mass is 10.0. The number of sulfone groups is 1. The molecule has 0 saturated carbocycles. The number of nitrogens with zero attached hydrogens (tertiary/aromatic N) is 1. The van der Waals surface area contributed by atoms with Crippen LogP contribution in [-0.2, 0) is 20.8 Å². The lowest BCUT2D eigenvalue weighted by molar-refractivity contribution is -0.138. The normalized spacial score (nSPS) is 12.9. The molecule has 2 rings (SSSR count). The molecule has 0 unspecified atom stereocenters. The Morgan fingerprint density at radius 1 is 1.13 bits per heavy atom. The molecule has 2 aromatic carbocycles. The highest BCUT2D eigenvalue weighted by Gasteiger charge is 2.32. The molecule has 6 nitrogen and oxygen atoms in total. The zero-order chi connectivity index (χ0) is 23.7.